The van der Waals surface area contributed by atoms with Crippen LogP contribution in [0.25, 0.3) is 0 Å². The Bertz CT molecular complexity index is 2540. The number of carboxylic acid groups (broad SMARTS) is 18. The number of hydrogen-bond acceptors (Lipinski definition) is 31. The van der Waals surface area contributed by atoms with Gasteiger partial charge in [0.25, 0.3) is 0 Å². The first-order valence-corrected chi connectivity index (χ1v) is 22.0. The second-order valence-electron chi connectivity index (χ2n) is 17.4. The van der Waals surface area contributed by atoms with Gasteiger partial charge in [0.15, 0.2) is 16.8 Å². The number of carbonyl (C=O) groups is 21. The van der Waals surface area contributed by atoms with Crippen molar-refractivity contribution in [1.82, 2.24) is 0 Å². The molecule has 0 rings (SSSR count). The molecule has 0 aliphatic heterocycles. The van der Waals surface area contributed by atoms with Crippen molar-refractivity contribution in [1.29, 1.82) is 0 Å². The molecular weight excluding hydrogens is 1480 g/mol. The van der Waals surface area contributed by atoms with E-state index < -0.39 is 254 Å². The number of aliphatic carboxylic acids is 18. The fourth-order valence-electron chi connectivity index (χ4n) is 6.01. The fourth-order valence-corrected chi connectivity index (χ4v) is 6.01. The minimum atomic E-state index is -3.17. The molecule has 0 aromatic rings. The van der Waals surface area contributed by atoms with E-state index in [1.54, 1.807) is 0 Å². The van der Waals surface area contributed by atoms with E-state index in [1.165, 1.54) is 0 Å². The summed E-state index contributed by atoms with van der Waals surface area (Å²) in [6, 6.07) is 0. The normalized spacial score (nSPS) is 11.8. The summed E-state index contributed by atoms with van der Waals surface area (Å²) in [6.45, 7) is 0. The average molecular weight is 1540 g/mol. The van der Waals surface area contributed by atoms with Crippen LogP contribution >= 0.6 is 37.2 Å². The van der Waals surface area contributed by atoms with Gasteiger partial charge < -0.3 is 145 Å². The van der Waals surface area contributed by atoms with Gasteiger partial charge in [-0.25, -0.2) is 28.8 Å². The fraction of sp³-hybridized carbons (Fsp3) is 0.500. The Hall–Kier alpha value is -4.42. The number of carbonyl (C=O) groups excluding carboxylic acids is 6. The first-order valence-electron chi connectivity index (χ1n) is 22.0. The maximum Gasteiger partial charge on any atom is 1.00 e. The smallest absolute Gasteiger partial charge is 1.00 e. The van der Waals surface area contributed by atoms with Crippen LogP contribution in [0.4, 0.5) is 0 Å². The van der Waals surface area contributed by atoms with E-state index in [1.807, 2.05) is 0 Å². The number of rotatable bonds is 38. The Morgan fingerprint density at radius 2 is 0.381 bits per heavy atom. The molecule has 0 amide bonds. The van der Waals surface area contributed by atoms with Crippen molar-refractivity contribution in [2.45, 2.75) is 129 Å². The zero-order valence-corrected chi connectivity index (χ0v) is 65.1. The van der Waals surface area contributed by atoms with Crippen molar-refractivity contribution in [3.05, 3.63) is 0 Å². The van der Waals surface area contributed by atoms with Gasteiger partial charge in [0, 0.05) is 24.8 Å². The summed E-state index contributed by atoms with van der Waals surface area (Å²) in [5, 5.41) is 199. The molecule has 0 heterocycles. The average Bonchev–Trinajstić information content (AvgIpc) is 0.826. The van der Waals surface area contributed by atoms with Crippen molar-refractivity contribution in [3.8, 4) is 0 Å². The first-order chi connectivity index (χ1) is 39.5. The molecule has 0 radical (unpaired) electrons. The van der Waals surface area contributed by atoms with E-state index in [-0.39, 0.29) is 219 Å². The SMILES string of the molecule is Cl.Cl.Cl.O=C(O)CC(O)(CC(=O)OC(CC(=O)O)(CC(=O)O)C(=O)O)C(=O)O.O=C(O)CC(O)(CC(=O)OC(CC(=O)O)(CC(=O)O)C(=O)O)C(=O)O.O=C(O)CC(O)(CC(=O)OC(CC(=O)O)(CC(=O)O)C(=O)O)C(=O)O.O=C([O-])CC(O)(CC(=O)[O-])C(=O)[O-].[H-].[H-].[H-].[Na+].[Na+].[Na+].[Na+].[Na+].[Na+]. The summed E-state index contributed by atoms with van der Waals surface area (Å²) in [5.41, 5.74) is -21.7. The topological polar surface area (TPSA) is 840 Å². The standard InChI is InChI=1S/3C12H14O13.C6H8O7.3ClH.6Na.3H/c3*13-5(14)1-11(24,9(20)21)4-8(19)25-12(10(22)23,2-6(15)16)3-7(17)18;7-3(8)1-6(13,5(11)12)2-4(9)10;;;;;;;;;;;;/h3*24H,1-4H2,(H,13,14)(H,15,16)(H,17,18)(H,20,21)(H,22,23);13H,1-2H2,(H,7,8)(H,9,10)(H,11,12);3*1H;;;;;;;;;/q;;;;;;;6*+1;3*-1/p-3. The van der Waals surface area contributed by atoms with E-state index >= 15 is 0 Å². The Morgan fingerprint density at radius 1 is 0.237 bits per heavy atom. The van der Waals surface area contributed by atoms with Gasteiger partial charge >= 0.3 is 285 Å². The van der Waals surface area contributed by atoms with Crippen LogP contribution < -0.4 is 193 Å². The summed E-state index contributed by atoms with van der Waals surface area (Å²) < 4.78 is 13.0. The summed E-state index contributed by atoms with van der Waals surface area (Å²) in [6.07, 6.45) is -20.5. The van der Waals surface area contributed by atoms with Gasteiger partial charge in [0.1, 0.15) is 5.60 Å². The quantitative estimate of drug-likeness (QED) is 0.0155. The summed E-state index contributed by atoms with van der Waals surface area (Å²) in [7, 11) is 0. The molecule has 524 valence electrons. The molecule has 19 N–H and O–H groups in total. The molecule has 3 unspecified atom stereocenters. The molecule has 0 aliphatic rings. The van der Waals surface area contributed by atoms with Crippen LogP contribution in [0.3, 0.4) is 0 Å². The second kappa shape index (κ2) is 54.3. The zero-order chi connectivity index (χ0) is 70.6. The molecule has 0 aromatic carbocycles. The predicted octanol–water partition coefficient (Wildman–Crippen LogP) is -27.7. The molecule has 0 aromatic heterocycles. The number of esters is 3. The van der Waals surface area contributed by atoms with Crippen LogP contribution in [0.5, 0.6) is 0 Å². The third-order valence-corrected chi connectivity index (χ3v) is 9.81. The number of carboxylic acids is 18. The molecule has 97 heavy (non-hydrogen) atoms. The van der Waals surface area contributed by atoms with Crippen molar-refractivity contribution < 1.29 is 409 Å². The van der Waals surface area contributed by atoms with Gasteiger partial charge in [0.05, 0.1) is 83.0 Å². The third-order valence-electron chi connectivity index (χ3n) is 9.81. The molecule has 0 spiro atoms. The molecular formula is C42H53Cl3Na6O46. The maximum absolute atomic E-state index is 11.7. The molecule has 0 bridgehead atoms. The van der Waals surface area contributed by atoms with Crippen LogP contribution in [0.2, 0.25) is 0 Å². The molecule has 0 saturated heterocycles. The Balaban J connectivity index is -0.0000000659. The predicted molar refractivity (Wildman–Crippen MR) is 266 cm³/mol. The number of ether oxygens (including phenoxy) is 3. The Labute approximate surface area is 692 Å². The summed E-state index contributed by atoms with van der Waals surface area (Å²) >= 11 is 0. The molecule has 3 atom stereocenters. The number of halogens is 3. The third kappa shape index (κ3) is 48.9. The van der Waals surface area contributed by atoms with Crippen molar-refractivity contribution >= 4 is 163 Å². The van der Waals surface area contributed by atoms with Crippen molar-refractivity contribution in [2.24, 2.45) is 0 Å². The van der Waals surface area contributed by atoms with Crippen LogP contribution in [0.15, 0.2) is 0 Å². The van der Waals surface area contributed by atoms with Gasteiger partial charge in [0.2, 0.25) is 16.8 Å². The minimum absolute atomic E-state index is 0. The number of hydrogen-bond donors (Lipinski definition) is 19. The Morgan fingerprint density at radius 3 is 0.474 bits per heavy atom. The minimum Gasteiger partial charge on any atom is -1.00 e. The van der Waals surface area contributed by atoms with Gasteiger partial charge in [-0.15, -0.1) is 37.2 Å². The van der Waals surface area contributed by atoms with E-state index in [0.717, 1.165) is 0 Å². The van der Waals surface area contributed by atoms with E-state index in [2.05, 4.69) is 14.2 Å². The van der Waals surface area contributed by atoms with E-state index in [0.29, 0.717) is 0 Å². The first kappa shape index (κ1) is 123. The Kier molecular flexibility index (Phi) is 68.7. The monoisotopic (exact) mass is 1540 g/mol. The van der Waals surface area contributed by atoms with Crippen LogP contribution in [0.1, 0.15) is 94.2 Å². The molecule has 55 heteroatoms. The summed E-state index contributed by atoms with van der Waals surface area (Å²) in [4.78, 5) is 228. The van der Waals surface area contributed by atoms with Gasteiger partial charge in [-0.2, -0.15) is 0 Å². The van der Waals surface area contributed by atoms with E-state index in [9.17, 15) is 131 Å². The van der Waals surface area contributed by atoms with Crippen LogP contribution in [-0.2, 0) is 115 Å². The maximum atomic E-state index is 11.7. The van der Waals surface area contributed by atoms with Gasteiger partial charge in [-0.3, -0.25) is 57.5 Å². The number of aliphatic hydroxyl groups is 4. The molecule has 46 nitrogen and oxygen atoms in total. The van der Waals surface area contributed by atoms with Gasteiger partial charge in [-0.1, -0.05) is 0 Å². The largest absolute Gasteiger partial charge is 1.00 e. The molecule has 0 aliphatic carbocycles. The van der Waals surface area contributed by atoms with Crippen molar-refractivity contribution in [2.75, 3.05) is 0 Å². The van der Waals surface area contributed by atoms with Crippen LogP contribution in [-0.4, -0.2) is 262 Å². The van der Waals surface area contributed by atoms with Crippen molar-refractivity contribution in [3.63, 3.8) is 0 Å². The second-order valence-corrected chi connectivity index (χ2v) is 17.4. The molecule has 0 fully saturated rings. The van der Waals surface area contributed by atoms with E-state index in [4.69, 9.17) is 81.7 Å². The van der Waals surface area contributed by atoms with Crippen LogP contribution in [0, 0.1) is 0 Å². The van der Waals surface area contributed by atoms with Gasteiger partial charge in [-0.05, 0) is 0 Å². The summed E-state index contributed by atoms with van der Waals surface area (Å²) in [5.74, 6) is -40.7. The molecule has 0 saturated carbocycles. The zero-order valence-electron chi connectivity index (χ0n) is 53.6.